The first-order valence-electron chi connectivity index (χ1n) is 5.34. The molecule has 0 radical (unpaired) electrons. The van der Waals surface area contributed by atoms with Gasteiger partial charge in [0.25, 0.3) is 0 Å². The zero-order valence-electron chi connectivity index (χ0n) is 8.96. The smallest absolute Gasteiger partial charge is 0.0713 e. The number of hydrogen-bond acceptors (Lipinski definition) is 1. The van der Waals surface area contributed by atoms with Crippen LogP contribution in [0.4, 0.5) is 0 Å². The van der Waals surface area contributed by atoms with Crippen LogP contribution in [-0.2, 0) is 5.41 Å². The molecule has 2 rings (SSSR count). The van der Waals surface area contributed by atoms with Crippen molar-refractivity contribution in [1.29, 1.82) is 0 Å². The standard InChI is InChI=1S/C13H18O/c1-12(9-6-10-13(12,2)14)11-7-4-3-5-8-11/h3-5,7-8,14H,6,9-10H2,1-2H3/t12-,13?/m0/s1. The zero-order valence-corrected chi connectivity index (χ0v) is 8.96. The minimum absolute atomic E-state index is 0.0613. The van der Waals surface area contributed by atoms with Crippen LogP contribution >= 0.6 is 0 Å². The van der Waals surface area contributed by atoms with Crippen molar-refractivity contribution in [3.63, 3.8) is 0 Å². The Morgan fingerprint density at radius 3 is 2.21 bits per heavy atom. The molecular formula is C13H18O. The van der Waals surface area contributed by atoms with E-state index >= 15 is 0 Å². The predicted octanol–water partition coefficient (Wildman–Crippen LogP) is 2.88. The normalized spacial score (nSPS) is 37.4. The Bertz CT molecular complexity index is 315. The van der Waals surface area contributed by atoms with Gasteiger partial charge in [0.2, 0.25) is 0 Å². The molecule has 1 unspecified atom stereocenters. The second-order valence-corrected chi connectivity index (χ2v) is 4.83. The van der Waals surface area contributed by atoms with Gasteiger partial charge in [-0.05, 0) is 31.7 Å². The third-order valence-electron chi connectivity index (χ3n) is 3.94. The maximum atomic E-state index is 10.4. The zero-order chi connectivity index (χ0) is 10.2. The van der Waals surface area contributed by atoms with Crippen molar-refractivity contribution in [1.82, 2.24) is 0 Å². The van der Waals surface area contributed by atoms with Gasteiger partial charge in [-0.25, -0.2) is 0 Å². The van der Waals surface area contributed by atoms with Crippen molar-refractivity contribution >= 4 is 0 Å². The van der Waals surface area contributed by atoms with Gasteiger partial charge in [0.15, 0.2) is 0 Å². The first-order chi connectivity index (χ1) is 6.56. The number of benzene rings is 1. The first-order valence-corrected chi connectivity index (χ1v) is 5.34. The summed E-state index contributed by atoms with van der Waals surface area (Å²) in [5.74, 6) is 0. The lowest BCUT2D eigenvalue weighted by molar-refractivity contribution is 0.00691. The monoisotopic (exact) mass is 190 g/mol. The maximum absolute atomic E-state index is 10.4. The highest BCUT2D eigenvalue weighted by molar-refractivity contribution is 5.30. The molecule has 0 aromatic heterocycles. The van der Waals surface area contributed by atoms with E-state index < -0.39 is 5.60 Å². The van der Waals surface area contributed by atoms with Crippen molar-refractivity contribution in [2.45, 2.75) is 44.1 Å². The van der Waals surface area contributed by atoms with Gasteiger partial charge in [0.05, 0.1) is 5.60 Å². The van der Waals surface area contributed by atoms with E-state index in [0.29, 0.717) is 0 Å². The molecular weight excluding hydrogens is 172 g/mol. The van der Waals surface area contributed by atoms with Gasteiger partial charge in [0.1, 0.15) is 0 Å². The summed E-state index contributed by atoms with van der Waals surface area (Å²) in [6.45, 7) is 4.14. The molecule has 1 saturated carbocycles. The Morgan fingerprint density at radius 2 is 1.71 bits per heavy atom. The van der Waals surface area contributed by atoms with Gasteiger partial charge in [-0.15, -0.1) is 0 Å². The van der Waals surface area contributed by atoms with Gasteiger partial charge in [-0.2, -0.15) is 0 Å². The van der Waals surface area contributed by atoms with Crippen LogP contribution in [0.5, 0.6) is 0 Å². The minimum Gasteiger partial charge on any atom is -0.389 e. The maximum Gasteiger partial charge on any atom is 0.0713 e. The fourth-order valence-corrected chi connectivity index (χ4v) is 2.59. The molecule has 1 aliphatic carbocycles. The highest BCUT2D eigenvalue weighted by Gasteiger charge is 2.48. The molecule has 1 fully saturated rings. The van der Waals surface area contributed by atoms with E-state index in [9.17, 15) is 5.11 Å². The molecule has 0 spiro atoms. The van der Waals surface area contributed by atoms with Crippen LogP contribution in [0.25, 0.3) is 0 Å². The summed E-state index contributed by atoms with van der Waals surface area (Å²) < 4.78 is 0. The van der Waals surface area contributed by atoms with Crippen LogP contribution in [0.2, 0.25) is 0 Å². The third-order valence-corrected chi connectivity index (χ3v) is 3.94. The van der Waals surface area contributed by atoms with E-state index in [-0.39, 0.29) is 5.41 Å². The molecule has 14 heavy (non-hydrogen) atoms. The van der Waals surface area contributed by atoms with E-state index in [1.165, 1.54) is 5.56 Å². The fraction of sp³-hybridized carbons (Fsp3) is 0.538. The third kappa shape index (κ3) is 1.27. The molecule has 1 aliphatic rings. The average molecular weight is 190 g/mol. The molecule has 0 aliphatic heterocycles. The van der Waals surface area contributed by atoms with Gasteiger partial charge in [-0.3, -0.25) is 0 Å². The van der Waals surface area contributed by atoms with Crippen LogP contribution < -0.4 is 0 Å². The molecule has 0 bridgehead atoms. The average Bonchev–Trinajstić information content (AvgIpc) is 2.44. The molecule has 0 amide bonds. The van der Waals surface area contributed by atoms with Crippen LogP contribution in [0.1, 0.15) is 38.7 Å². The molecule has 0 saturated heterocycles. The lowest BCUT2D eigenvalue weighted by atomic mass is 9.72. The SMILES string of the molecule is CC1(O)CCC[C@@]1(C)c1ccccc1. The van der Waals surface area contributed by atoms with Gasteiger partial charge in [-0.1, -0.05) is 37.3 Å². The van der Waals surface area contributed by atoms with Crippen molar-refractivity contribution in [2.24, 2.45) is 0 Å². The van der Waals surface area contributed by atoms with E-state index in [4.69, 9.17) is 0 Å². The minimum atomic E-state index is -0.547. The van der Waals surface area contributed by atoms with Crippen molar-refractivity contribution in [3.05, 3.63) is 35.9 Å². The molecule has 1 nitrogen and oxygen atoms in total. The lowest BCUT2D eigenvalue weighted by Gasteiger charge is -2.37. The van der Waals surface area contributed by atoms with Crippen molar-refractivity contribution in [3.8, 4) is 0 Å². The summed E-state index contributed by atoms with van der Waals surface area (Å²) in [6.07, 6.45) is 3.13. The Hall–Kier alpha value is -0.820. The van der Waals surface area contributed by atoms with Gasteiger partial charge < -0.3 is 5.11 Å². The van der Waals surface area contributed by atoms with E-state index in [2.05, 4.69) is 31.2 Å². The highest BCUT2D eigenvalue weighted by atomic mass is 16.3. The summed E-state index contributed by atoms with van der Waals surface area (Å²) in [7, 11) is 0. The van der Waals surface area contributed by atoms with Crippen molar-refractivity contribution in [2.75, 3.05) is 0 Å². The van der Waals surface area contributed by atoms with Crippen LogP contribution in [0, 0.1) is 0 Å². The predicted molar refractivity (Wildman–Crippen MR) is 58.3 cm³/mol. The quantitative estimate of drug-likeness (QED) is 0.722. The van der Waals surface area contributed by atoms with Gasteiger partial charge in [0, 0.05) is 5.41 Å². The molecule has 1 N–H and O–H groups in total. The second-order valence-electron chi connectivity index (χ2n) is 4.83. The molecule has 1 aromatic rings. The molecule has 76 valence electrons. The number of hydrogen-bond donors (Lipinski definition) is 1. The molecule has 1 aromatic carbocycles. The topological polar surface area (TPSA) is 20.2 Å². The first kappa shape index (κ1) is 9.72. The molecule has 0 heterocycles. The molecule has 1 heteroatoms. The van der Waals surface area contributed by atoms with Gasteiger partial charge >= 0.3 is 0 Å². The summed E-state index contributed by atoms with van der Waals surface area (Å²) in [5.41, 5.74) is 0.658. The summed E-state index contributed by atoms with van der Waals surface area (Å²) in [4.78, 5) is 0. The number of aliphatic hydroxyl groups is 1. The highest BCUT2D eigenvalue weighted by Crippen LogP contribution is 2.47. The largest absolute Gasteiger partial charge is 0.389 e. The summed E-state index contributed by atoms with van der Waals surface area (Å²) in [6, 6.07) is 10.4. The van der Waals surface area contributed by atoms with E-state index in [1.54, 1.807) is 0 Å². The Kier molecular flexibility index (Phi) is 2.15. The van der Waals surface area contributed by atoms with Crippen LogP contribution in [0.15, 0.2) is 30.3 Å². The summed E-state index contributed by atoms with van der Waals surface area (Å²) >= 11 is 0. The Morgan fingerprint density at radius 1 is 1.07 bits per heavy atom. The fourth-order valence-electron chi connectivity index (χ4n) is 2.59. The summed E-state index contributed by atoms with van der Waals surface area (Å²) in [5, 5.41) is 10.4. The second kappa shape index (κ2) is 3.09. The number of rotatable bonds is 1. The molecule has 2 atom stereocenters. The van der Waals surface area contributed by atoms with E-state index in [0.717, 1.165) is 19.3 Å². The van der Waals surface area contributed by atoms with E-state index in [1.807, 2.05) is 13.0 Å². The lowest BCUT2D eigenvalue weighted by Crippen LogP contribution is -2.42. The Labute approximate surface area is 85.8 Å². The van der Waals surface area contributed by atoms with Crippen LogP contribution in [-0.4, -0.2) is 10.7 Å². The van der Waals surface area contributed by atoms with Crippen LogP contribution in [0.3, 0.4) is 0 Å². The van der Waals surface area contributed by atoms with Crippen molar-refractivity contribution < 1.29 is 5.11 Å². The Balaban J connectivity index is 2.42.